The molecule has 1 amide bonds. The molecule has 5 rings (SSSR count). The van der Waals surface area contributed by atoms with Gasteiger partial charge in [-0.1, -0.05) is 17.4 Å². The smallest absolute Gasteiger partial charge is 0.251 e. The number of carbonyl (C=O) groups is 2. The number of nitrogens with zero attached hydrogens (tertiary/aromatic N) is 2. The normalized spacial score (nSPS) is 21.3. The van der Waals surface area contributed by atoms with E-state index in [1.165, 1.54) is 25.3 Å². The molecule has 3 atom stereocenters. The molecule has 2 aromatic carbocycles. The highest BCUT2D eigenvalue weighted by Crippen LogP contribution is 2.41. The van der Waals surface area contributed by atoms with Crippen LogP contribution in [0.15, 0.2) is 42.5 Å². The van der Waals surface area contributed by atoms with Crippen LogP contribution >= 0.6 is 11.3 Å². The van der Waals surface area contributed by atoms with Gasteiger partial charge in [-0.05, 0) is 68.6 Å². The van der Waals surface area contributed by atoms with E-state index in [9.17, 15) is 18.4 Å². The van der Waals surface area contributed by atoms with E-state index in [0.717, 1.165) is 23.5 Å². The van der Waals surface area contributed by atoms with Crippen molar-refractivity contribution in [2.24, 2.45) is 5.92 Å². The predicted molar refractivity (Wildman–Crippen MR) is 131 cm³/mol. The van der Waals surface area contributed by atoms with Gasteiger partial charge in [0.25, 0.3) is 5.91 Å². The quantitative estimate of drug-likeness (QED) is 0.423. The fraction of sp³-hybridized carbons (Fsp3) is 0.320. The average Bonchev–Trinajstić information content (AvgIpc) is 3.53. The van der Waals surface area contributed by atoms with Gasteiger partial charge in [0.2, 0.25) is 5.78 Å². The third-order valence-electron chi connectivity index (χ3n) is 7.01. The van der Waals surface area contributed by atoms with Crippen LogP contribution < -0.4 is 16.4 Å². The summed E-state index contributed by atoms with van der Waals surface area (Å²) in [5, 5.41) is 6.35. The molecule has 2 heterocycles. The Morgan fingerprint density at radius 3 is 2.51 bits per heavy atom. The number of thiazole rings is 1. The number of fused-ring (bicyclic) bond motifs is 2. The molecule has 3 aromatic rings. The van der Waals surface area contributed by atoms with Crippen LogP contribution in [0, 0.1) is 17.6 Å². The molecule has 1 aliphatic heterocycles. The lowest BCUT2D eigenvalue weighted by Gasteiger charge is -2.32. The van der Waals surface area contributed by atoms with Gasteiger partial charge in [-0.3, -0.25) is 14.5 Å². The number of halogens is 2. The zero-order valence-electron chi connectivity index (χ0n) is 19.1. The summed E-state index contributed by atoms with van der Waals surface area (Å²) in [4.78, 5) is 31.7. The van der Waals surface area contributed by atoms with E-state index in [1.54, 1.807) is 24.3 Å². The summed E-state index contributed by atoms with van der Waals surface area (Å²) in [6.07, 6.45) is 3.71. The molecule has 1 aliphatic carbocycles. The molecule has 10 heteroatoms. The average molecular weight is 498 g/mol. The number of rotatable bonds is 7. The van der Waals surface area contributed by atoms with Crippen LogP contribution in [-0.4, -0.2) is 47.3 Å². The number of hydrogen-bond donors (Lipinski definition) is 3. The summed E-state index contributed by atoms with van der Waals surface area (Å²) in [6.45, 7) is 0.633. The second-order valence-electron chi connectivity index (χ2n) is 9.03. The lowest BCUT2D eigenvalue weighted by Crippen LogP contribution is -2.45. The molecule has 1 aromatic heterocycles. The molecule has 182 valence electrons. The van der Waals surface area contributed by atoms with Crippen molar-refractivity contribution in [2.75, 3.05) is 24.6 Å². The number of nitrogen functional groups attached to an aromatic ring is 1. The maximum atomic E-state index is 14.0. The van der Waals surface area contributed by atoms with E-state index in [0.29, 0.717) is 40.9 Å². The lowest BCUT2D eigenvalue weighted by molar-refractivity contribution is 0.0925. The van der Waals surface area contributed by atoms with Gasteiger partial charge >= 0.3 is 0 Å². The molecule has 2 aliphatic rings. The van der Waals surface area contributed by atoms with Crippen molar-refractivity contribution in [1.82, 2.24) is 15.2 Å². The number of likely N-dealkylation sites (tertiary alicyclic amines) is 1. The monoisotopic (exact) mass is 497 g/mol. The summed E-state index contributed by atoms with van der Waals surface area (Å²) < 4.78 is 28.0. The summed E-state index contributed by atoms with van der Waals surface area (Å²) >= 11 is 0.899. The molecule has 35 heavy (non-hydrogen) atoms. The van der Waals surface area contributed by atoms with Crippen LogP contribution in [-0.2, 0) is 0 Å². The number of piperidine rings is 1. The van der Waals surface area contributed by atoms with Gasteiger partial charge in [0, 0.05) is 29.9 Å². The first-order valence-electron chi connectivity index (χ1n) is 11.4. The maximum Gasteiger partial charge on any atom is 0.251 e. The molecular formula is C25H25F2N5O2S. The molecule has 2 bridgehead atoms. The largest absolute Gasteiger partial charge is 0.382 e. The van der Waals surface area contributed by atoms with Crippen LogP contribution in [0.5, 0.6) is 0 Å². The number of nitrogens with one attached hydrogen (secondary N) is 2. The van der Waals surface area contributed by atoms with Gasteiger partial charge in [-0.15, -0.1) is 0 Å². The Morgan fingerprint density at radius 2 is 1.86 bits per heavy atom. The van der Waals surface area contributed by atoms with Crippen molar-refractivity contribution in [3.8, 4) is 0 Å². The summed E-state index contributed by atoms with van der Waals surface area (Å²) in [5.41, 5.74) is 6.34. The number of aromatic nitrogens is 1. The number of amides is 1. The summed E-state index contributed by atoms with van der Waals surface area (Å²) in [6, 6.07) is 11.1. The zero-order chi connectivity index (χ0) is 24.7. The molecule has 0 radical (unpaired) electrons. The van der Waals surface area contributed by atoms with E-state index in [1.807, 2.05) is 0 Å². The molecule has 2 fully saturated rings. The van der Waals surface area contributed by atoms with Crippen molar-refractivity contribution >= 4 is 39.7 Å². The number of hydrogen-bond acceptors (Lipinski definition) is 7. The van der Waals surface area contributed by atoms with E-state index in [2.05, 4.69) is 27.6 Å². The fourth-order valence-corrected chi connectivity index (χ4v) is 5.98. The Morgan fingerprint density at radius 1 is 1.14 bits per heavy atom. The predicted octanol–water partition coefficient (Wildman–Crippen LogP) is 4.19. The van der Waals surface area contributed by atoms with Crippen molar-refractivity contribution in [3.63, 3.8) is 0 Å². The Bertz CT molecular complexity index is 1260. The standard InChI is InChI=1S/C25H25F2N5O2S/c1-32-16-10-7-14(11-16)19(32)12-29-24(34)13-5-8-15(9-6-13)30-25-31-23(28)22(35-25)21(33)20-17(26)3-2-4-18(20)27/h2-6,8-9,14,16,19H,7,10-12,28H2,1H3,(H,29,34)(H,30,31). The van der Waals surface area contributed by atoms with Gasteiger partial charge in [0.1, 0.15) is 22.3 Å². The number of ketones is 1. The van der Waals surface area contributed by atoms with Gasteiger partial charge in [-0.25, -0.2) is 13.8 Å². The minimum Gasteiger partial charge on any atom is -0.382 e. The van der Waals surface area contributed by atoms with Crippen LogP contribution in [0.1, 0.15) is 44.9 Å². The van der Waals surface area contributed by atoms with Crippen LogP contribution in [0.25, 0.3) is 0 Å². The summed E-state index contributed by atoms with van der Waals surface area (Å²) in [5.74, 6) is -2.37. The van der Waals surface area contributed by atoms with Gasteiger partial charge in [0.15, 0.2) is 5.13 Å². The summed E-state index contributed by atoms with van der Waals surface area (Å²) in [7, 11) is 2.14. The van der Waals surface area contributed by atoms with Crippen molar-refractivity contribution in [1.29, 1.82) is 0 Å². The highest BCUT2D eigenvalue weighted by molar-refractivity contribution is 7.18. The van der Waals surface area contributed by atoms with Gasteiger partial charge in [-0.2, -0.15) is 0 Å². The van der Waals surface area contributed by atoms with Crippen molar-refractivity contribution in [3.05, 3.63) is 70.1 Å². The first kappa shape index (κ1) is 23.4. The van der Waals surface area contributed by atoms with E-state index in [-0.39, 0.29) is 16.6 Å². The van der Waals surface area contributed by atoms with E-state index < -0.39 is 23.0 Å². The molecule has 0 spiro atoms. The number of nitrogens with two attached hydrogens (primary N) is 1. The first-order chi connectivity index (χ1) is 16.8. The van der Waals surface area contributed by atoms with E-state index in [4.69, 9.17) is 5.73 Å². The minimum atomic E-state index is -0.960. The van der Waals surface area contributed by atoms with Gasteiger partial charge < -0.3 is 16.4 Å². The minimum absolute atomic E-state index is 0.0573. The Kier molecular flexibility index (Phi) is 6.24. The Labute approximate surface area is 205 Å². The van der Waals surface area contributed by atoms with Crippen LogP contribution in [0.2, 0.25) is 0 Å². The molecule has 1 saturated carbocycles. The number of carbonyl (C=O) groups excluding carboxylic acids is 2. The molecular weight excluding hydrogens is 472 g/mol. The highest BCUT2D eigenvalue weighted by Gasteiger charge is 2.43. The lowest BCUT2D eigenvalue weighted by atomic mass is 9.99. The second kappa shape index (κ2) is 9.35. The van der Waals surface area contributed by atoms with Crippen LogP contribution in [0.4, 0.5) is 25.4 Å². The SMILES string of the molecule is CN1C2CCC(C2)C1CNC(=O)c1ccc(Nc2nc(N)c(C(=O)c3c(F)cccc3F)s2)cc1. The molecule has 1 saturated heterocycles. The Hall–Kier alpha value is -3.37. The van der Waals surface area contributed by atoms with Crippen LogP contribution in [0.3, 0.4) is 0 Å². The maximum absolute atomic E-state index is 14.0. The molecule has 4 N–H and O–H groups in total. The van der Waals surface area contributed by atoms with E-state index >= 15 is 0 Å². The fourth-order valence-electron chi connectivity index (χ4n) is 5.13. The first-order valence-corrected chi connectivity index (χ1v) is 12.3. The number of anilines is 3. The van der Waals surface area contributed by atoms with Gasteiger partial charge in [0.05, 0.1) is 5.56 Å². The highest BCUT2D eigenvalue weighted by atomic mass is 32.1. The molecule has 7 nitrogen and oxygen atoms in total. The Balaban J connectivity index is 1.22. The zero-order valence-corrected chi connectivity index (χ0v) is 19.9. The topological polar surface area (TPSA) is 100 Å². The van der Waals surface area contributed by atoms with Crippen molar-refractivity contribution < 1.29 is 18.4 Å². The molecule has 3 unspecified atom stereocenters. The number of likely N-dealkylation sites (N-methyl/N-ethyl adjacent to an activating group) is 1. The van der Waals surface area contributed by atoms with Crippen molar-refractivity contribution in [2.45, 2.75) is 31.3 Å². The third kappa shape index (κ3) is 4.51. The third-order valence-corrected chi connectivity index (χ3v) is 7.99. The number of benzene rings is 2. The second-order valence-corrected chi connectivity index (χ2v) is 10.0.